The normalized spacial score (nSPS) is 16.6. The second kappa shape index (κ2) is 6.73. The Balaban J connectivity index is 2.22. The molecule has 1 aromatic carbocycles. The summed E-state index contributed by atoms with van der Waals surface area (Å²) in [6.07, 6.45) is 1.66. The molecule has 110 valence electrons. The van der Waals surface area contributed by atoms with Gasteiger partial charge >= 0.3 is 0 Å². The van der Waals surface area contributed by atoms with Gasteiger partial charge in [-0.3, -0.25) is 9.69 Å². The van der Waals surface area contributed by atoms with Crippen LogP contribution in [0.15, 0.2) is 29.2 Å². The average molecular weight is 322 g/mol. The van der Waals surface area contributed by atoms with Gasteiger partial charge in [0.05, 0.1) is 24.0 Å². The van der Waals surface area contributed by atoms with Gasteiger partial charge in [-0.15, -0.1) is 0 Å². The topological polar surface area (TPSA) is 69.7 Å². The van der Waals surface area contributed by atoms with Crippen LogP contribution in [0.5, 0.6) is 5.75 Å². The Hall–Kier alpha value is -1.86. The average Bonchev–Trinajstić information content (AvgIpc) is 2.67. The number of rotatable bonds is 5. The number of benzene rings is 1. The molecule has 1 saturated heterocycles. The van der Waals surface area contributed by atoms with Crippen molar-refractivity contribution in [2.45, 2.75) is 6.92 Å². The predicted molar refractivity (Wildman–Crippen MR) is 82.5 cm³/mol. The highest BCUT2D eigenvalue weighted by Crippen LogP contribution is 2.32. The van der Waals surface area contributed by atoms with Crippen molar-refractivity contribution in [1.29, 1.82) is 0 Å². The van der Waals surface area contributed by atoms with Crippen molar-refractivity contribution in [3.05, 3.63) is 34.7 Å². The third-order valence-corrected chi connectivity index (χ3v) is 4.01. The minimum Gasteiger partial charge on any atom is -0.548 e. The van der Waals surface area contributed by atoms with Crippen LogP contribution in [0.3, 0.4) is 0 Å². The Morgan fingerprint density at radius 3 is 2.95 bits per heavy atom. The monoisotopic (exact) mass is 322 g/mol. The molecule has 0 bridgehead atoms. The Kier molecular flexibility index (Phi) is 4.98. The molecule has 7 heteroatoms. The summed E-state index contributed by atoms with van der Waals surface area (Å²) >= 11 is 6.08. The van der Waals surface area contributed by atoms with Crippen LogP contribution in [0.2, 0.25) is 0 Å². The number of carboxylic acid groups (broad SMARTS) is 1. The molecule has 1 aromatic rings. The van der Waals surface area contributed by atoms with E-state index in [0.717, 1.165) is 22.2 Å². The van der Waals surface area contributed by atoms with Gasteiger partial charge in [0, 0.05) is 0 Å². The Morgan fingerprint density at radius 1 is 1.52 bits per heavy atom. The zero-order chi connectivity index (χ0) is 15.4. The SMILES string of the molecule is CCOc1cccc(/C=C2/SC(=S)N(CC(=O)[O-])C2=O)c1. The van der Waals surface area contributed by atoms with Gasteiger partial charge < -0.3 is 14.6 Å². The smallest absolute Gasteiger partial charge is 0.266 e. The van der Waals surface area contributed by atoms with Crippen molar-refractivity contribution in [1.82, 2.24) is 4.90 Å². The first-order valence-electron chi connectivity index (χ1n) is 6.19. The summed E-state index contributed by atoms with van der Waals surface area (Å²) in [4.78, 5) is 24.1. The third kappa shape index (κ3) is 3.83. The molecule has 0 N–H and O–H groups in total. The Morgan fingerprint density at radius 2 is 2.29 bits per heavy atom. The minimum atomic E-state index is -1.34. The van der Waals surface area contributed by atoms with E-state index >= 15 is 0 Å². The molecule has 0 aromatic heterocycles. The number of carbonyl (C=O) groups excluding carboxylic acids is 2. The highest BCUT2D eigenvalue weighted by molar-refractivity contribution is 8.26. The van der Waals surface area contributed by atoms with E-state index in [0.29, 0.717) is 17.3 Å². The molecule has 1 aliphatic rings. The lowest BCUT2D eigenvalue weighted by Crippen LogP contribution is -2.40. The first-order valence-corrected chi connectivity index (χ1v) is 7.42. The standard InChI is InChI=1S/C14H13NO4S2/c1-2-19-10-5-3-4-9(6-10)7-11-13(18)15(8-12(16)17)14(20)21-11/h3-7H,2,8H2,1H3,(H,16,17)/p-1/b11-7+. The lowest BCUT2D eigenvalue weighted by Gasteiger charge is -2.14. The van der Waals surface area contributed by atoms with Crippen molar-refractivity contribution in [2.24, 2.45) is 0 Å². The van der Waals surface area contributed by atoms with Crippen LogP contribution in [-0.2, 0) is 9.59 Å². The molecule has 1 aliphatic heterocycles. The fourth-order valence-electron chi connectivity index (χ4n) is 1.78. The van der Waals surface area contributed by atoms with Gasteiger partial charge in [-0.2, -0.15) is 0 Å². The summed E-state index contributed by atoms with van der Waals surface area (Å²) in [7, 11) is 0. The van der Waals surface area contributed by atoms with E-state index in [9.17, 15) is 14.7 Å². The molecule has 1 amide bonds. The van der Waals surface area contributed by atoms with E-state index in [1.54, 1.807) is 12.1 Å². The number of amides is 1. The first-order chi connectivity index (χ1) is 10.0. The highest BCUT2D eigenvalue weighted by Gasteiger charge is 2.31. The number of thioether (sulfide) groups is 1. The maximum absolute atomic E-state index is 12.1. The van der Waals surface area contributed by atoms with Crippen molar-refractivity contribution in [3.8, 4) is 5.75 Å². The van der Waals surface area contributed by atoms with Gasteiger partial charge in [-0.25, -0.2) is 0 Å². The van der Waals surface area contributed by atoms with E-state index in [1.807, 2.05) is 25.1 Å². The van der Waals surface area contributed by atoms with Crippen LogP contribution in [-0.4, -0.2) is 34.2 Å². The number of hydrogen-bond acceptors (Lipinski definition) is 6. The highest BCUT2D eigenvalue weighted by atomic mass is 32.2. The first kappa shape index (κ1) is 15.5. The van der Waals surface area contributed by atoms with Gasteiger partial charge in [-0.1, -0.05) is 36.1 Å². The molecule has 21 heavy (non-hydrogen) atoms. The molecule has 5 nitrogen and oxygen atoms in total. The third-order valence-electron chi connectivity index (χ3n) is 2.63. The summed E-state index contributed by atoms with van der Waals surface area (Å²) < 4.78 is 5.61. The van der Waals surface area contributed by atoms with E-state index < -0.39 is 18.4 Å². The quantitative estimate of drug-likeness (QED) is 0.596. The second-order valence-corrected chi connectivity index (χ2v) is 5.82. The van der Waals surface area contributed by atoms with Gasteiger partial charge in [0.1, 0.15) is 10.1 Å². The van der Waals surface area contributed by atoms with Gasteiger partial charge in [-0.05, 0) is 30.7 Å². The summed E-state index contributed by atoms with van der Waals surface area (Å²) in [6, 6.07) is 7.27. The van der Waals surface area contributed by atoms with Crippen LogP contribution < -0.4 is 9.84 Å². The van der Waals surface area contributed by atoms with Crippen LogP contribution in [0, 0.1) is 0 Å². The largest absolute Gasteiger partial charge is 0.548 e. The van der Waals surface area contributed by atoms with Gasteiger partial charge in [0.25, 0.3) is 5.91 Å². The fourth-order valence-corrected chi connectivity index (χ4v) is 3.03. The number of carboxylic acids is 1. The molecular formula is C14H12NO4S2-. The molecule has 0 saturated carbocycles. The molecule has 0 unspecified atom stereocenters. The summed E-state index contributed by atoms with van der Waals surface area (Å²) in [5, 5.41) is 10.6. The van der Waals surface area contributed by atoms with E-state index in [4.69, 9.17) is 17.0 Å². The summed E-state index contributed by atoms with van der Waals surface area (Å²) in [6.45, 7) is 1.91. The van der Waals surface area contributed by atoms with E-state index in [2.05, 4.69) is 0 Å². The number of thiocarbonyl (C=S) groups is 1. The van der Waals surface area contributed by atoms with E-state index in [-0.39, 0.29) is 4.32 Å². The lowest BCUT2D eigenvalue weighted by atomic mass is 10.2. The number of hydrogen-bond donors (Lipinski definition) is 0. The maximum atomic E-state index is 12.1. The zero-order valence-electron chi connectivity index (χ0n) is 11.2. The zero-order valence-corrected chi connectivity index (χ0v) is 12.8. The van der Waals surface area contributed by atoms with Crippen LogP contribution >= 0.6 is 24.0 Å². The molecule has 2 rings (SSSR count). The van der Waals surface area contributed by atoms with Gasteiger partial charge in [0.15, 0.2) is 0 Å². The van der Waals surface area contributed by atoms with E-state index in [1.165, 1.54) is 0 Å². The fraction of sp³-hybridized carbons (Fsp3) is 0.214. The molecule has 0 spiro atoms. The Bertz CT molecular complexity index is 627. The van der Waals surface area contributed by atoms with Crippen LogP contribution in [0.25, 0.3) is 6.08 Å². The number of ether oxygens (including phenoxy) is 1. The number of carbonyl (C=O) groups is 2. The number of nitrogens with zero attached hydrogens (tertiary/aromatic N) is 1. The lowest BCUT2D eigenvalue weighted by molar-refractivity contribution is -0.305. The van der Waals surface area contributed by atoms with Crippen molar-refractivity contribution in [2.75, 3.05) is 13.2 Å². The minimum absolute atomic E-state index is 0.219. The van der Waals surface area contributed by atoms with Crippen molar-refractivity contribution >= 4 is 46.3 Å². The van der Waals surface area contributed by atoms with Crippen molar-refractivity contribution < 1.29 is 19.4 Å². The molecule has 0 atom stereocenters. The van der Waals surface area contributed by atoms with Crippen LogP contribution in [0.4, 0.5) is 0 Å². The predicted octanol–water partition coefficient (Wildman–Crippen LogP) is 1.04. The van der Waals surface area contributed by atoms with Crippen LogP contribution in [0.1, 0.15) is 12.5 Å². The molecule has 0 aliphatic carbocycles. The molecule has 0 radical (unpaired) electrons. The summed E-state index contributed by atoms with van der Waals surface area (Å²) in [5.41, 5.74) is 0.787. The van der Waals surface area contributed by atoms with Crippen molar-refractivity contribution in [3.63, 3.8) is 0 Å². The second-order valence-electron chi connectivity index (χ2n) is 4.15. The molecule has 1 heterocycles. The molecule has 1 fully saturated rings. The van der Waals surface area contributed by atoms with Gasteiger partial charge in [0.2, 0.25) is 0 Å². The maximum Gasteiger partial charge on any atom is 0.266 e. The summed E-state index contributed by atoms with van der Waals surface area (Å²) in [5.74, 6) is -1.06. The number of aliphatic carboxylic acids is 1. The molecular weight excluding hydrogens is 310 g/mol. The Labute approximate surface area is 131 Å².